The van der Waals surface area contributed by atoms with Gasteiger partial charge in [-0.3, -0.25) is 14.7 Å². The number of hydrogen-bond acceptors (Lipinski definition) is 4. The van der Waals surface area contributed by atoms with E-state index in [1.165, 1.54) is 0 Å². The second kappa shape index (κ2) is 9.92. The fourth-order valence-corrected chi connectivity index (χ4v) is 2.87. The smallest absolute Gasteiger partial charge is 0.251 e. The van der Waals surface area contributed by atoms with Crippen LogP contribution in [0.3, 0.4) is 0 Å². The molecule has 0 bridgehead atoms. The van der Waals surface area contributed by atoms with E-state index in [2.05, 4.69) is 42.9 Å². The van der Waals surface area contributed by atoms with Crippen LogP contribution in [0.1, 0.15) is 43.6 Å². The number of rotatable bonds is 9. The quantitative estimate of drug-likeness (QED) is 0.748. The van der Waals surface area contributed by atoms with Crippen molar-refractivity contribution in [3.05, 3.63) is 59.9 Å². The molecule has 0 saturated heterocycles. The van der Waals surface area contributed by atoms with Crippen molar-refractivity contribution in [1.29, 1.82) is 0 Å². The summed E-state index contributed by atoms with van der Waals surface area (Å²) >= 11 is 0. The van der Waals surface area contributed by atoms with E-state index < -0.39 is 0 Å². The average Bonchev–Trinajstić information content (AvgIpc) is 2.64. The molecule has 0 radical (unpaired) electrons. The lowest BCUT2D eigenvalue weighted by atomic mass is 10.2. The van der Waals surface area contributed by atoms with Crippen LogP contribution in [0.2, 0.25) is 0 Å². The molecule has 2 rings (SSSR count). The summed E-state index contributed by atoms with van der Waals surface area (Å²) in [5.41, 5.74) is 1.65. The van der Waals surface area contributed by atoms with E-state index in [0.717, 1.165) is 17.9 Å². The summed E-state index contributed by atoms with van der Waals surface area (Å²) in [6, 6.07) is 12.0. The molecule has 26 heavy (non-hydrogen) atoms. The summed E-state index contributed by atoms with van der Waals surface area (Å²) in [7, 11) is 0. The van der Waals surface area contributed by atoms with Gasteiger partial charge in [-0.1, -0.05) is 6.07 Å². The summed E-state index contributed by atoms with van der Waals surface area (Å²) in [5.74, 6) is 0.674. The molecule has 0 atom stereocenters. The highest BCUT2D eigenvalue weighted by Gasteiger charge is 2.13. The predicted octanol–water partition coefficient (Wildman–Crippen LogP) is 3.51. The molecule has 1 amide bonds. The van der Waals surface area contributed by atoms with E-state index in [1.54, 1.807) is 24.5 Å². The molecule has 140 valence electrons. The highest BCUT2D eigenvalue weighted by atomic mass is 16.5. The molecule has 1 heterocycles. The Bertz CT molecular complexity index is 661. The van der Waals surface area contributed by atoms with Crippen molar-refractivity contribution in [1.82, 2.24) is 15.2 Å². The molecule has 1 aromatic heterocycles. The Morgan fingerprint density at radius 2 is 1.81 bits per heavy atom. The standard InChI is InChI=1S/C21H29N3O2/c1-16(2)24(17(3)4)13-12-23-21(25)19-7-9-20(10-8-19)26-15-18-6-5-11-22-14-18/h5-11,14,16-17H,12-13,15H2,1-4H3,(H,23,25). The van der Waals surface area contributed by atoms with E-state index in [-0.39, 0.29) is 5.91 Å². The van der Waals surface area contributed by atoms with Crippen molar-refractivity contribution < 1.29 is 9.53 Å². The Morgan fingerprint density at radius 3 is 2.38 bits per heavy atom. The molecule has 0 spiro atoms. The number of carbonyl (C=O) groups is 1. The normalized spacial score (nSPS) is 11.2. The molecule has 0 unspecified atom stereocenters. The molecule has 0 aliphatic heterocycles. The Hall–Kier alpha value is -2.40. The van der Waals surface area contributed by atoms with Gasteiger partial charge in [-0.05, 0) is 58.0 Å². The fraction of sp³-hybridized carbons (Fsp3) is 0.429. The number of pyridine rings is 1. The topological polar surface area (TPSA) is 54.5 Å². The molecule has 5 nitrogen and oxygen atoms in total. The number of ether oxygens (including phenoxy) is 1. The van der Waals surface area contributed by atoms with Gasteiger partial charge in [-0.15, -0.1) is 0 Å². The van der Waals surface area contributed by atoms with Gasteiger partial charge in [0.1, 0.15) is 12.4 Å². The lowest BCUT2D eigenvalue weighted by Crippen LogP contribution is -2.42. The first kappa shape index (κ1) is 19.9. The minimum absolute atomic E-state index is 0.0590. The largest absolute Gasteiger partial charge is 0.489 e. The Morgan fingerprint density at radius 1 is 1.12 bits per heavy atom. The maximum Gasteiger partial charge on any atom is 0.251 e. The van der Waals surface area contributed by atoms with E-state index in [4.69, 9.17) is 4.74 Å². The fourth-order valence-electron chi connectivity index (χ4n) is 2.87. The van der Waals surface area contributed by atoms with Crippen LogP contribution in [0.25, 0.3) is 0 Å². The highest BCUT2D eigenvalue weighted by molar-refractivity contribution is 5.94. The Balaban J connectivity index is 1.80. The van der Waals surface area contributed by atoms with Gasteiger partial charge in [0.15, 0.2) is 0 Å². The van der Waals surface area contributed by atoms with Crippen molar-refractivity contribution >= 4 is 5.91 Å². The maximum absolute atomic E-state index is 12.3. The van der Waals surface area contributed by atoms with Crippen molar-refractivity contribution in [3.63, 3.8) is 0 Å². The minimum Gasteiger partial charge on any atom is -0.489 e. The van der Waals surface area contributed by atoms with Gasteiger partial charge >= 0.3 is 0 Å². The van der Waals surface area contributed by atoms with Crippen molar-refractivity contribution in [2.75, 3.05) is 13.1 Å². The van der Waals surface area contributed by atoms with Crippen molar-refractivity contribution in [2.45, 2.75) is 46.4 Å². The number of nitrogens with one attached hydrogen (secondary N) is 1. The average molecular weight is 355 g/mol. The van der Waals surface area contributed by atoms with Gasteiger partial charge in [-0.2, -0.15) is 0 Å². The molecular weight excluding hydrogens is 326 g/mol. The number of carbonyl (C=O) groups excluding carboxylic acids is 1. The van der Waals surface area contributed by atoms with Crippen LogP contribution < -0.4 is 10.1 Å². The van der Waals surface area contributed by atoms with Crippen LogP contribution >= 0.6 is 0 Å². The van der Waals surface area contributed by atoms with Gasteiger partial charge in [0.25, 0.3) is 5.91 Å². The zero-order chi connectivity index (χ0) is 18.9. The first-order chi connectivity index (χ1) is 12.5. The van der Waals surface area contributed by atoms with E-state index in [1.807, 2.05) is 24.3 Å². The molecule has 5 heteroatoms. The Kier molecular flexibility index (Phi) is 7.60. The molecule has 2 aromatic rings. The summed E-state index contributed by atoms with van der Waals surface area (Å²) in [4.78, 5) is 18.7. The Labute approximate surface area is 156 Å². The molecule has 1 aromatic carbocycles. The number of benzene rings is 1. The molecule has 0 saturated carbocycles. The zero-order valence-corrected chi connectivity index (χ0v) is 16.1. The van der Waals surface area contributed by atoms with Crippen LogP contribution in [0.4, 0.5) is 0 Å². The van der Waals surface area contributed by atoms with Crippen LogP contribution in [-0.4, -0.2) is 41.0 Å². The molecule has 0 fully saturated rings. The zero-order valence-electron chi connectivity index (χ0n) is 16.1. The van der Waals surface area contributed by atoms with Crippen LogP contribution in [0, 0.1) is 0 Å². The van der Waals surface area contributed by atoms with Gasteiger partial charge < -0.3 is 10.1 Å². The molecule has 0 aliphatic rings. The second-order valence-corrected chi connectivity index (χ2v) is 6.86. The highest BCUT2D eigenvalue weighted by Crippen LogP contribution is 2.14. The summed E-state index contributed by atoms with van der Waals surface area (Å²) in [5, 5.41) is 2.99. The second-order valence-electron chi connectivity index (χ2n) is 6.86. The lowest BCUT2D eigenvalue weighted by molar-refractivity contribution is 0.0939. The predicted molar refractivity (Wildman–Crippen MR) is 104 cm³/mol. The third-order valence-corrected chi connectivity index (χ3v) is 4.23. The van der Waals surface area contributed by atoms with Gasteiger partial charge in [0.2, 0.25) is 0 Å². The lowest BCUT2D eigenvalue weighted by Gasteiger charge is -2.30. The molecular formula is C21H29N3O2. The first-order valence-corrected chi connectivity index (χ1v) is 9.13. The summed E-state index contributed by atoms with van der Waals surface area (Å²) in [6.45, 7) is 10.6. The third kappa shape index (κ3) is 6.15. The summed E-state index contributed by atoms with van der Waals surface area (Å²) in [6.07, 6.45) is 3.51. The number of nitrogens with zero attached hydrogens (tertiary/aromatic N) is 2. The van der Waals surface area contributed by atoms with Gasteiger partial charge in [0, 0.05) is 48.7 Å². The first-order valence-electron chi connectivity index (χ1n) is 9.13. The van der Waals surface area contributed by atoms with Crippen LogP contribution in [-0.2, 0) is 6.61 Å². The molecule has 1 N–H and O–H groups in total. The van der Waals surface area contributed by atoms with Crippen LogP contribution in [0.5, 0.6) is 5.75 Å². The maximum atomic E-state index is 12.3. The van der Waals surface area contributed by atoms with E-state index in [9.17, 15) is 4.79 Å². The van der Waals surface area contributed by atoms with E-state index in [0.29, 0.717) is 30.8 Å². The SMILES string of the molecule is CC(C)N(CCNC(=O)c1ccc(OCc2cccnc2)cc1)C(C)C. The van der Waals surface area contributed by atoms with Gasteiger partial charge in [0.05, 0.1) is 0 Å². The minimum atomic E-state index is -0.0590. The number of amides is 1. The van der Waals surface area contributed by atoms with Crippen molar-refractivity contribution in [2.24, 2.45) is 0 Å². The monoisotopic (exact) mass is 355 g/mol. The van der Waals surface area contributed by atoms with E-state index >= 15 is 0 Å². The number of hydrogen-bond donors (Lipinski definition) is 1. The van der Waals surface area contributed by atoms with Crippen LogP contribution in [0.15, 0.2) is 48.8 Å². The van der Waals surface area contributed by atoms with Gasteiger partial charge in [-0.25, -0.2) is 0 Å². The molecule has 0 aliphatic carbocycles. The number of aromatic nitrogens is 1. The van der Waals surface area contributed by atoms with Crippen molar-refractivity contribution in [3.8, 4) is 5.75 Å². The summed E-state index contributed by atoms with van der Waals surface area (Å²) < 4.78 is 5.71. The third-order valence-electron chi connectivity index (χ3n) is 4.23.